The number of amides is 2. The van der Waals surface area contributed by atoms with Crippen LogP contribution in [0.2, 0.25) is 0 Å². The molecular weight excluding hydrogens is 290 g/mol. The Labute approximate surface area is 136 Å². The second-order valence-corrected chi connectivity index (χ2v) is 5.21. The van der Waals surface area contributed by atoms with Crippen LogP contribution in [0.25, 0.3) is 0 Å². The van der Waals surface area contributed by atoms with E-state index < -0.39 is 0 Å². The van der Waals surface area contributed by atoms with Gasteiger partial charge in [-0.1, -0.05) is 18.2 Å². The molecule has 0 aliphatic rings. The molecule has 2 aromatic carbocycles. The molecule has 3 N–H and O–H groups in total. The zero-order valence-corrected chi connectivity index (χ0v) is 13.3. The molecule has 2 rings (SSSR count). The number of carbonyl (C=O) groups is 2. The molecule has 0 bridgehead atoms. The Bertz CT molecular complexity index is 698. The third kappa shape index (κ3) is 5.14. The highest BCUT2D eigenvalue weighted by molar-refractivity contribution is 5.98. The van der Waals surface area contributed by atoms with Crippen LogP contribution in [0.5, 0.6) is 0 Å². The summed E-state index contributed by atoms with van der Waals surface area (Å²) in [6, 6.07) is 14.7. The van der Waals surface area contributed by atoms with E-state index in [1.165, 1.54) is 0 Å². The topological polar surface area (TPSA) is 70.2 Å². The van der Waals surface area contributed by atoms with Gasteiger partial charge in [-0.3, -0.25) is 9.59 Å². The molecule has 0 fully saturated rings. The standard InChI is InChI=1S/C18H21N3O2/c1-3-19-18(23)14-7-5-9-16(11-14)21-17(22)12-20-15-8-4-6-13(2)10-15/h4-11,20H,3,12H2,1-2H3,(H,19,23)(H,21,22). The molecule has 0 aliphatic heterocycles. The number of carbonyl (C=O) groups excluding carboxylic acids is 2. The fourth-order valence-corrected chi connectivity index (χ4v) is 2.14. The number of hydrogen-bond donors (Lipinski definition) is 3. The molecule has 0 unspecified atom stereocenters. The minimum Gasteiger partial charge on any atom is -0.376 e. The van der Waals surface area contributed by atoms with E-state index in [4.69, 9.17) is 0 Å². The van der Waals surface area contributed by atoms with Gasteiger partial charge in [-0.25, -0.2) is 0 Å². The molecule has 2 amide bonds. The van der Waals surface area contributed by atoms with Gasteiger partial charge < -0.3 is 16.0 Å². The summed E-state index contributed by atoms with van der Waals surface area (Å²) in [5.74, 6) is -0.318. The number of hydrogen-bond acceptors (Lipinski definition) is 3. The quantitative estimate of drug-likeness (QED) is 0.768. The van der Waals surface area contributed by atoms with Crippen LogP contribution in [0.4, 0.5) is 11.4 Å². The van der Waals surface area contributed by atoms with E-state index >= 15 is 0 Å². The largest absolute Gasteiger partial charge is 0.376 e. The predicted octanol–water partition coefficient (Wildman–Crippen LogP) is 2.80. The van der Waals surface area contributed by atoms with Crippen molar-refractivity contribution in [3.63, 3.8) is 0 Å². The fourth-order valence-electron chi connectivity index (χ4n) is 2.14. The molecule has 0 spiro atoms. The summed E-state index contributed by atoms with van der Waals surface area (Å²) in [5, 5.41) is 8.58. The number of aryl methyl sites for hydroxylation is 1. The summed E-state index contributed by atoms with van der Waals surface area (Å²) < 4.78 is 0. The van der Waals surface area contributed by atoms with Crippen molar-refractivity contribution in [3.8, 4) is 0 Å². The van der Waals surface area contributed by atoms with Crippen LogP contribution in [0, 0.1) is 6.92 Å². The van der Waals surface area contributed by atoms with E-state index in [0.29, 0.717) is 17.8 Å². The Balaban J connectivity index is 1.92. The first-order valence-electron chi connectivity index (χ1n) is 7.57. The summed E-state index contributed by atoms with van der Waals surface area (Å²) in [4.78, 5) is 23.8. The number of nitrogens with one attached hydrogen (secondary N) is 3. The van der Waals surface area contributed by atoms with E-state index in [0.717, 1.165) is 11.3 Å². The lowest BCUT2D eigenvalue weighted by Crippen LogP contribution is -2.24. The second kappa shape index (κ2) is 7.98. The van der Waals surface area contributed by atoms with Crippen molar-refractivity contribution in [3.05, 3.63) is 59.7 Å². The maximum absolute atomic E-state index is 12.0. The van der Waals surface area contributed by atoms with Gasteiger partial charge in [0, 0.05) is 23.5 Å². The van der Waals surface area contributed by atoms with E-state index in [9.17, 15) is 9.59 Å². The normalized spacial score (nSPS) is 10.0. The summed E-state index contributed by atoms with van der Waals surface area (Å²) in [5.41, 5.74) is 3.15. The second-order valence-electron chi connectivity index (χ2n) is 5.21. The number of rotatable bonds is 6. The van der Waals surface area contributed by atoms with Crippen molar-refractivity contribution >= 4 is 23.2 Å². The molecule has 0 saturated heterocycles. The minimum atomic E-state index is -0.167. The van der Waals surface area contributed by atoms with Gasteiger partial charge in [0.1, 0.15) is 0 Å². The maximum atomic E-state index is 12.0. The van der Waals surface area contributed by atoms with E-state index in [-0.39, 0.29) is 18.4 Å². The van der Waals surface area contributed by atoms with Crippen molar-refractivity contribution in [1.29, 1.82) is 0 Å². The first-order valence-corrected chi connectivity index (χ1v) is 7.57. The van der Waals surface area contributed by atoms with Crippen LogP contribution in [0.1, 0.15) is 22.8 Å². The lowest BCUT2D eigenvalue weighted by molar-refractivity contribution is -0.114. The van der Waals surface area contributed by atoms with Crippen molar-refractivity contribution < 1.29 is 9.59 Å². The van der Waals surface area contributed by atoms with Crippen molar-refractivity contribution in [2.45, 2.75) is 13.8 Å². The number of anilines is 2. The maximum Gasteiger partial charge on any atom is 0.251 e. The molecule has 0 atom stereocenters. The van der Waals surface area contributed by atoms with Crippen molar-refractivity contribution in [2.24, 2.45) is 0 Å². The molecule has 23 heavy (non-hydrogen) atoms. The molecule has 0 heterocycles. The van der Waals surface area contributed by atoms with Crippen LogP contribution >= 0.6 is 0 Å². The molecular formula is C18H21N3O2. The van der Waals surface area contributed by atoms with Gasteiger partial charge in [0.05, 0.1) is 6.54 Å². The third-order valence-electron chi connectivity index (χ3n) is 3.22. The highest BCUT2D eigenvalue weighted by Gasteiger charge is 2.07. The van der Waals surface area contributed by atoms with Gasteiger partial charge in [-0.2, -0.15) is 0 Å². The third-order valence-corrected chi connectivity index (χ3v) is 3.22. The fraction of sp³-hybridized carbons (Fsp3) is 0.222. The van der Waals surface area contributed by atoms with Gasteiger partial charge in [-0.15, -0.1) is 0 Å². The van der Waals surface area contributed by atoms with Crippen molar-refractivity contribution in [1.82, 2.24) is 5.32 Å². The van der Waals surface area contributed by atoms with Crippen LogP contribution in [-0.4, -0.2) is 24.9 Å². The van der Waals surface area contributed by atoms with E-state index in [2.05, 4.69) is 16.0 Å². The van der Waals surface area contributed by atoms with Gasteiger partial charge in [0.15, 0.2) is 0 Å². The van der Waals surface area contributed by atoms with Gasteiger partial charge in [-0.05, 0) is 49.7 Å². The lowest BCUT2D eigenvalue weighted by Gasteiger charge is -2.09. The number of benzene rings is 2. The van der Waals surface area contributed by atoms with E-state index in [1.54, 1.807) is 24.3 Å². The smallest absolute Gasteiger partial charge is 0.251 e. The summed E-state index contributed by atoms with van der Waals surface area (Å²) >= 11 is 0. The van der Waals surface area contributed by atoms with Crippen molar-refractivity contribution in [2.75, 3.05) is 23.7 Å². The van der Waals surface area contributed by atoms with E-state index in [1.807, 2.05) is 38.1 Å². The summed E-state index contributed by atoms with van der Waals surface area (Å²) in [6.07, 6.45) is 0. The first-order chi connectivity index (χ1) is 11.1. The summed E-state index contributed by atoms with van der Waals surface area (Å²) in [7, 11) is 0. The SMILES string of the molecule is CCNC(=O)c1cccc(NC(=O)CNc2cccc(C)c2)c1. The molecule has 0 aromatic heterocycles. The monoisotopic (exact) mass is 311 g/mol. The lowest BCUT2D eigenvalue weighted by atomic mass is 10.2. The summed E-state index contributed by atoms with van der Waals surface area (Å²) in [6.45, 7) is 4.59. The molecule has 2 aromatic rings. The van der Waals surface area contributed by atoms with Gasteiger partial charge in [0.2, 0.25) is 5.91 Å². The Morgan fingerprint density at radius 1 is 1.00 bits per heavy atom. The Kier molecular flexibility index (Phi) is 5.74. The van der Waals surface area contributed by atoms with Gasteiger partial charge >= 0.3 is 0 Å². The minimum absolute atomic E-state index is 0.151. The highest BCUT2D eigenvalue weighted by Crippen LogP contribution is 2.12. The average Bonchev–Trinajstić information content (AvgIpc) is 2.53. The molecule has 0 aliphatic carbocycles. The highest BCUT2D eigenvalue weighted by atomic mass is 16.2. The van der Waals surface area contributed by atoms with Crippen LogP contribution in [0.3, 0.4) is 0 Å². The Hall–Kier alpha value is -2.82. The molecule has 120 valence electrons. The first kappa shape index (κ1) is 16.5. The van der Waals surface area contributed by atoms with Gasteiger partial charge in [0.25, 0.3) is 5.91 Å². The van der Waals surface area contributed by atoms with Crippen LogP contribution in [-0.2, 0) is 4.79 Å². The Morgan fingerprint density at radius 2 is 1.74 bits per heavy atom. The Morgan fingerprint density at radius 3 is 2.48 bits per heavy atom. The zero-order chi connectivity index (χ0) is 16.7. The molecule has 5 heteroatoms. The molecule has 5 nitrogen and oxygen atoms in total. The predicted molar refractivity (Wildman–Crippen MR) is 92.7 cm³/mol. The molecule has 0 saturated carbocycles. The zero-order valence-electron chi connectivity index (χ0n) is 13.3. The molecule has 0 radical (unpaired) electrons. The van der Waals surface area contributed by atoms with Crippen LogP contribution in [0.15, 0.2) is 48.5 Å². The average molecular weight is 311 g/mol. The van der Waals surface area contributed by atoms with Crippen LogP contribution < -0.4 is 16.0 Å².